The average molecular weight is 520 g/mol. The highest BCUT2D eigenvalue weighted by Crippen LogP contribution is 2.31. The minimum atomic E-state index is -4.46. The number of aliphatic hydroxyl groups excluding tert-OH is 1. The van der Waals surface area contributed by atoms with Gasteiger partial charge in [-0.15, -0.1) is 0 Å². The first-order valence-electron chi connectivity index (χ1n) is 11.3. The highest BCUT2D eigenvalue weighted by molar-refractivity contribution is 5.93. The molecule has 1 saturated heterocycles. The molecule has 1 fully saturated rings. The monoisotopic (exact) mass is 520 g/mol. The molecule has 0 atom stereocenters. The van der Waals surface area contributed by atoms with E-state index in [1.165, 1.54) is 30.5 Å². The third-order valence-electron chi connectivity index (χ3n) is 5.58. The Bertz CT molecular complexity index is 1220. The Morgan fingerprint density at radius 3 is 2.49 bits per heavy atom. The number of aliphatic hydroxyl groups is 1. The van der Waals surface area contributed by atoms with Gasteiger partial charge in [0.1, 0.15) is 5.69 Å². The Balaban J connectivity index is 1.34. The number of anilines is 4. The number of carbonyl (C=O) groups is 1. The molecule has 1 amide bonds. The van der Waals surface area contributed by atoms with Crippen LogP contribution in [0.3, 0.4) is 0 Å². The molecule has 3 aromatic rings. The van der Waals surface area contributed by atoms with E-state index in [1.807, 2.05) is 0 Å². The van der Waals surface area contributed by atoms with Crippen LogP contribution in [0.2, 0.25) is 0 Å². The maximum absolute atomic E-state index is 14.3. The van der Waals surface area contributed by atoms with Crippen molar-refractivity contribution in [1.29, 1.82) is 0 Å². The van der Waals surface area contributed by atoms with E-state index in [4.69, 9.17) is 5.11 Å². The average Bonchev–Trinajstić information content (AvgIpc) is 2.89. The number of rotatable bonds is 8. The van der Waals surface area contributed by atoms with Crippen LogP contribution < -0.4 is 21.1 Å². The minimum absolute atomic E-state index is 0.0180. The summed E-state index contributed by atoms with van der Waals surface area (Å²) in [5.74, 6) is -1.15. The number of aromatic nitrogens is 3. The molecule has 4 rings (SSSR count). The van der Waals surface area contributed by atoms with Gasteiger partial charge in [-0.2, -0.15) is 18.2 Å². The van der Waals surface area contributed by atoms with Crippen LogP contribution in [0.5, 0.6) is 0 Å². The fourth-order valence-corrected chi connectivity index (χ4v) is 3.68. The number of hydrazine groups is 1. The van der Waals surface area contributed by atoms with E-state index in [-0.39, 0.29) is 29.8 Å². The summed E-state index contributed by atoms with van der Waals surface area (Å²) in [4.78, 5) is 28.3. The Morgan fingerprint density at radius 1 is 1.03 bits per heavy atom. The summed E-state index contributed by atoms with van der Waals surface area (Å²) in [5, 5.41) is 11.9. The first-order valence-corrected chi connectivity index (χ1v) is 11.3. The number of amides is 1. The van der Waals surface area contributed by atoms with Crippen LogP contribution in [0.1, 0.15) is 16.1 Å². The van der Waals surface area contributed by atoms with Gasteiger partial charge < -0.3 is 15.3 Å². The minimum Gasteiger partial charge on any atom is -0.395 e. The molecule has 0 spiro atoms. The van der Waals surface area contributed by atoms with E-state index in [2.05, 4.69) is 36.0 Å². The second kappa shape index (κ2) is 11.3. The molecular formula is C23H24F4N8O2. The number of β-amino-alcohol motifs (C(OH)–C–C–N with tert-alkyl or cyclic N) is 1. The van der Waals surface area contributed by atoms with Crippen molar-refractivity contribution in [2.45, 2.75) is 6.18 Å². The molecule has 196 valence electrons. The zero-order valence-electron chi connectivity index (χ0n) is 19.5. The fourth-order valence-electron chi connectivity index (χ4n) is 3.68. The Kier molecular flexibility index (Phi) is 7.98. The second-order valence-electron chi connectivity index (χ2n) is 8.13. The van der Waals surface area contributed by atoms with Crippen LogP contribution in [-0.4, -0.2) is 70.2 Å². The van der Waals surface area contributed by atoms with E-state index < -0.39 is 23.5 Å². The maximum Gasteiger partial charge on any atom is 0.416 e. The fraction of sp³-hybridized carbons (Fsp3) is 0.304. The van der Waals surface area contributed by atoms with E-state index in [0.29, 0.717) is 38.4 Å². The summed E-state index contributed by atoms with van der Waals surface area (Å²) in [6.07, 6.45) is -2.16. The van der Waals surface area contributed by atoms with Gasteiger partial charge in [0.25, 0.3) is 5.91 Å². The molecule has 2 aromatic heterocycles. The normalized spacial score (nSPS) is 14.4. The Morgan fingerprint density at radius 2 is 1.81 bits per heavy atom. The molecule has 0 aliphatic carbocycles. The van der Waals surface area contributed by atoms with Gasteiger partial charge in [0.2, 0.25) is 5.95 Å². The second-order valence-corrected chi connectivity index (χ2v) is 8.13. The molecule has 1 aromatic carbocycles. The molecular weight excluding hydrogens is 496 g/mol. The number of nitrogens with one attached hydrogen (secondary N) is 3. The summed E-state index contributed by atoms with van der Waals surface area (Å²) in [6.45, 7) is 2.94. The SMILES string of the molecule is O=C(NNc1ncc(F)c(N2CCN(CCO)CC2)n1)c1ccc(Nc2cccc(C(F)(F)F)c2)cn1. The lowest BCUT2D eigenvalue weighted by Crippen LogP contribution is -2.47. The lowest BCUT2D eigenvalue weighted by molar-refractivity contribution is -0.137. The lowest BCUT2D eigenvalue weighted by atomic mass is 10.2. The van der Waals surface area contributed by atoms with Gasteiger partial charge in [-0.25, -0.2) is 14.4 Å². The molecule has 0 radical (unpaired) electrons. The summed E-state index contributed by atoms with van der Waals surface area (Å²) in [5.41, 5.74) is 4.75. The highest BCUT2D eigenvalue weighted by Gasteiger charge is 2.30. The summed E-state index contributed by atoms with van der Waals surface area (Å²) in [6, 6.07) is 7.58. The molecule has 4 N–H and O–H groups in total. The van der Waals surface area contributed by atoms with Crippen molar-refractivity contribution in [3.8, 4) is 0 Å². The molecule has 0 unspecified atom stereocenters. The smallest absolute Gasteiger partial charge is 0.395 e. The third kappa shape index (κ3) is 6.80. The van der Waals surface area contributed by atoms with Crippen LogP contribution in [0.15, 0.2) is 48.8 Å². The van der Waals surface area contributed by atoms with Crippen LogP contribution >= 0.6 is 0 Å². The topological polar surface area (TPSA) is 119 Å². The molecule has 0 saturated carbocycles. The predicted molar refractivity (Wildman–Crippen MR) is 128 cm³/mol. The van der Waals surface area contributed by atoms with Crippen molar-refractivity contribution < 1.29 is 27.5 Å². The number of alkyl halides is 3. The lowest BCUT2D eigenvalue weighted by Gasteiger charge is -2.35. The number of hydrogen-bond donors (Lipinski definition) is 4. The number of hydrogen-bond acceptors (Lipinski definition) is 9. The molecule has 14 heteroatoms. The highest BCUT2D eigenvalue weighted by atomic mass is 19.4. The van der Waals surface area contributed by atoms with Crippen LogP contribution in [0.25, 0.3) is 0 Å². The van der Waals surface area contributed by atoms with Crippen molar-refractivity contribution in [2.24, 2.45) is 0 Å². The van der Waals surface area contributed by atoms with Crippen LogP contribution in [0, 0.1) is 5.82 Å². The van der Waals surface area contributed by atoms with Crippen LogP contribution in [-0.2, 0) is 6.18 Å². The molecule has 37 heavy (non-hydrogen) atoms. The first kappa shape index (κ1) is 26.0. The zero-order chi connectivity index (χ0) is 26.4. The molecule has 0 bridgehead atoms. The van der Waals surface area contributed by atoms with Crippen molar-refractivity contribution in [3.63, 3.8) is 0 Å². The molecule has 1 aliphatic heterocycles. The van der Waals surface area contributed by atoms with Crippen molar-refractivity contribution in [2.75, 3.05) is 55.0 Å². The third-order valence-corrected chi connectivity index (χ3v) is 5.58. The molecule has 3 heterocycles. The van der Waals surface area contributed by atoms with Gasteiger partial charge in [-0.05, 0) is 30.3 Å². The number of piperazine rings is 1. The number of nitrogens with zero attached hydrogens (tertiary/aromatic N) is 5. The van der Waals surface area contributed by atoms with E-state index >= 15 is 0 Å². The van der Waals surface area contributed by atoms with Crippen molar-refractivity contribution in [1.82, 2.24) is 25.3 Å². The Labute approximate surface area is 209 Å². The quantitative estimate of drug-likeness (QED) is 0.263. The number of carbonyl (C=O) groups excluding carboxylic acids is 1. The number of benzene rings is 1. The van der Waals surface area contributed by atoms with Gasteiger partial charge in [0, 0.05) is 38.4 Å². The maximum atomic E-state index is 14.3. The zero-order valence-corrected chi connectivity index (χ0v) is 19.5. The molecule has 1 aliphatic rings. The van der Waals surface area contributed by atoms with Gasteiger partial charge in [0.15, 0.2) is 11.6 Å². The van der Waals surface area contributed by atoms with Gasteiger partial charge >= 0.3 is 6.18 Å². The largest absolute Gasteiger partial charge is 0.416 e. The van der Waals surface area contributed by atoms with Crippen molar-refractivity contribution in [3.05, 3.63) is 65.9 Å². The standard InChI is InChI=1S/C23H24F4N8O2/c24-18-14-29-22(31-20(18)35-8-6-34(7-9-35)10-11-36)33-32-21(37)19-5-4-17(13-28-19)30-16-3-1-2-15(12-16)23(25,26)27/h1-5,12-14,30,36H,6-11H2,(H,32,37)(H,29,31,33). The number of halogens is 4. The van der Waals surface area contributed by atoms with E-state index in [1.54, 1.807) is 4.90 Å². The van der Waals surface area contributed by atoms with Crippen LogP contribution in [0.4, 0.5) is 40.7 Å². The van der Waals surface area contributed by atoms with Gasteiger partial charge in [0.05, 0.1) is 30.3 Å². The number of pyridine rings is 1. The summed E-state index contributed by atoms with van der Waals surface area (Å²) in [7, 11) is 0. The van der Waals surface area contributed by atoms with Gasteiger partial charge in [-0.3, -0.25) is 20.5 Å². The summed E-state index contributed by atoms with van der Waals surface area (Å²) >= 11 is 0. The van der Waals surface area contributed by atoms with E-state index in [9.17, 15) is 22.4 Å². The predicted octanol–water partition coefficient (Wildman–Crippen LogP) is 2.64. The van der Waals surface area contributed by atoms with Gasteiger partial charge in [-0.1, -0.05) is 6.07 Å². The summed E-state index contributed by atoms with van der Waals surface area (Å²) < 4.78 is 53.0. The van der Waals surface area contributed by atoms with E-state index in [0.717, 1.165) is 18.3 Å². The first-order chi connectivity index (χ1) is 17.7. The Hall–Kier alpha value is -4.04. The molecule has 10 nitrogen and oxygen atoms in total. The van der Waals surface area contributed by atoms with Crippen molar-refractivity contribution >= 4 is 29.0 Å².